The molecule has 14 heavy (non-hydrogen) atoms. The Hall–Kier alpha value is -1.35. The van der Waals surface area contributed by atoms with Gasteiger partial charge in [-0.1, -0.05) is 12.1 Å². The molecule has 1 rings (SSSR count). The van der Waals surface area contributed by atoms with Crippen molar-refractivity contribution in [3.63, 3.8) is 0 Å². The Labute approximate surface area is 84.1 Å². The van der Waals surface area contributed by atoms with E-state index in [1.807, 2.05) is 19.2 Å². The number of carbonyl (C=O) groups is 1. The van der Waals surface area contributed by atoms with Crippen molar-refractivity contribution in [2.45, 2.75) is 13.0 Å². The van der Waals surface area contributed by atoms with Crippen LogP contribution in [-0.4, -0.2) is 20.1 Å². The van der Waals surface area contributed by atoms with Gasteiger partial charge < -0.3 is 10.1 Å². The molecule has 0 aliphatic rings. The van der Waals surface area contributed by atoms with Crippen LogP contribution in [0.3, 0.4) is 0 Å². The first-order chi connectivity index (χ1) is 6.69. The van der Waals surface area contributed by atoms with Crippen LogP contribution in [0.1, 0.15) is 28.9 Å². The third-order valence-corrected chi connectivity index (χ3v) is 2.26. The Kier molecular flexibility index (Phi) is 3.65. The second-order valence-electron chi connectivity index (χ2n) is 3.12. The van der Waals surface area contributed by atoms with Gasteiger partial charge in [0.1, 0.15) is 0 Å². The summed E-state index contributed by atoms with van der Waals surface area (Å²) in [7, 11) is 3.28. The van der Waals surface area contributed by atoms with E-state index in [-0.39, 0.29) is 5.97 Å². The highest BCUT2D eigenvalue weighted by molar-refractivity contribution is 5.89. The van der Waals surface area contributed by atoms with Crippen molar-refractivity contribution >= 4 is 5.97 Å². The molecule has 0 amide bonds. The van der Waals surface area contributed by atoms with E-state index in [2.05, 4.69) is 17.0 Å². The van der Waals surface area contributed by atoms with Crippen LogP contribution in [0.4, 0.5) is 0 Å². The number of carbonyl (C=O) groups excluding carboxylic acids is 1. The van der Waals surface area contributed by atoms with Gasteiger partial charge in [-0.2, -0.15) is 0 Å². The lowest BCUT2D eigenvalue weighted by molar-refractivity contribution is 0.0600. The molecule has 1 N–H and O–H groups in total. The van der Waals surface area contributed by atoms with Crippen LogP contribution in [0.15, 0.2) is 24.3 Å². The van der Waals surface area contributed by atoms with Gasteiger partial charge in [0, 0.05) is 6.04 Å². The van der Waals surface area contributed by atoms with E-state index in [4.69, 9.17) is 0 Å². The molecule has 0 unspecified atom stereocenters. The number of benzene rings is 1. The molecular formula is C11H15NO2. The van der Waals surface area contributed by atoms with Crippen molar-refractivity contribution in [2.24, 2.45) is 0 Å². The maximum atomic E-state index is 11.1. The lowest BCUT2D eigenvalue weighted by atomic mass is 10.1. The molecule has 0 radical (unpaired) electrons. The molecule has 3 nitrogen and oxygen atoms in total. The summed E-state index contributed by atoms with van der Waals surface area (Å²) in [4.78, 5) is 11.1. The van der Waals surface area contributed by atoms with Gasteiger partial charge in [0.05, 0.1) is 12.7 Å². The first-order valence-corrected chi connectivity index (χ1v) is 4.54. The lowest BCUT2D eigenvalue weighted by Crippen LogP contribution is -2.12. The van der Waals surface area contributed by atoms with Crippen molar-refractivity contribution in [3.05, 3.63) is 35.4 Å². The zero-order chi connectivity index (χ0) is 10.6. The van der Waals surface area contributed by atoms with Crippen molar-refractivity contribution < 1.29 is 9.53 Å². The molecule has 0 saturated heterocycles. The predicted octanol–water partition coefficient (Wildman–Crippen LogP) is 1.75. The van der Waals surface area contributed by atoms with Gasteiger partial charge in [0.25, 0.3) is 0 Å². The molecule has 0 aliphatic carbocycles. The molecule has 0 fully saturated rings. The van der Waals surface area contributed by atoms with Crippen LogP contribution in [0.25, 0.3) is 0 Å². The smallest absolute Gasteiger partial charge is 0.337 e. The van der Waals surface area contributed by atoms with Crippen LogP contribution >= 0.6 is 0 Å². The van der Waals surface area contributed by atoms with Crippen LogP contribution < -0.4 is 5.32 Å². The van der Waals surface area contributed by atoms with E-state index in [0.717, 1.165) is 5.56 Å². The summed E-state index contributed by atoms with van der Waals surface area (Å²) in [6.45, 7) is 2.06. The highest BCUT2D eigenvalue weighted by Crippen LogP contribution is 2.12. The molecule has 1 atom stereocenters. The Balaban J connectivity index is 2.83. The molecule has 1 aromatic rings. The van der Waals surface area contributed by atoms with Crippen LogP contribution in [0.5, 0.6) is 0 Å². The minimum atomic E-state index is -0.298. The van der Waals surface area contributed by atoms with Gasteiger partial charge >= 0.3 is 5.97 Å². The first kappa shape index (κ1) is 10.7. The Morgan fingerprint density at radius 2 is 1.93 bits per heavy atom. The van der Waals surface area contributed by atoms with E-state index >= 15 is 0 Å². The summed E-state index contributed by atoms with van der Waals surface area (Å²) >= 11 is 0. The number of methoxy groups -OCH3 is 1. The maximum absolute atomic E-state index is 11.1. The molecule has 0 heterocycles. The molecule has 3 heteroatoms. The third kappa shape index (κ3) is 2.33. The summed E-state index contributed by atoms with van der Waals surface area (Å²) in [6.07, 6.45) is 0. The lowest BCUT2D eigenvalue weighted by Gasteiger charge is -2.10. The number of hydrogen-bond donors (Lipinski definition) is 1. The molecule has 0 spiro atoms. The number of rotatable bonds is 3. The number of hydrogen-bond acceptors (Lipinski definition) is 3. The number of esters is 1. The highest BCUT2D eigenvalue weighted by atomic mass is 16.5. The summed E-state index contributed by atoms with van der Waals surface area (Å²) < 4.78 is 4.61. The minimum absolute atomic E-state index is 0.293. The summed E-state index contributed by atoms with van der Waals surface area (Å²) in [6, 6.07) is 7.69. The van der Waals surface area contributed by atoms with E-state index in [9.17, 15) is 4.79 Å². The SMILES string of the molecule is CN[C@H](C)c1ccc(C(=O)OC)cc1. The number of nitrogens with one attached hydrogen (secondary N) is 1. The largest absolute Gasteiger partial charge is 0.465 e. The summed E-state index contributed by atoms with van der Waals surface area (Å²) in [5.41, 5.74) is 1.74. The Morgan fingerprint density at radius 1 is 1.36 bits per heavy atom. The van der Waals surface area contributed by atoms with Gasteiger partial charge in [-0.3, -0.25) is 0 Å². The minimum Gasteiger partial charge on any atom is -0.465 e. The molecular weight excluding hydrogens is 178 g/mol. The molecule has 76 valence electrons. The molecule has 0 saturated carbocycles. The maximum Gasteiger partial charge on any atom is 0.337 e. The van der Waals surface area contributed by atoms with Gasteiger partial charge in [-0.05, 0) is 31.7 Å². The Bertz CT molecular complexity index is 306. The molecule has 0 bridgehead atoms. The zero-order valence-corrected chi connectivity index (χ0v) is 8.70. The average molecular weight is 193 g/mol. The standard InChI is InChI=1S/C11H15NO2/c1-8(12-2)9-4-6-10(7-5-9)11(13)14-3/h4-8,12H,1-3H3/t8-/m1/s1. The van der Waals surface area contributed by atoms with Crippen molar-refractivity contribution in [3.8, 4) is 0 Å². The van der Waals surface area contributed by atoms with Gasteiger partial charge in [0.2, 0.25) is 0 Å². The zero-order valence-electron chi connectivity index (χ0n) is 8.70. The molecule has 0 aliphatic heterocycles. The molecule has 1 aromatic carbocycles. The fourth-order valence-electron chi connectivity index (χ4n) is 1.19. The van der Waals surface area contributed by atoms with Gasteiger partial charge in [-0.25, -0.2) is 4.79 Å². The monoisotopic (exact) mass is 193 g/mol. The van der Waals surface area contributed by atoms with Crippen molar-refractivity contribution in [1.29, 1.82) is 0 Å². The quantitative estimate of drug-likeness (QED) is 0.743. The van der Waals surface area contributed by atoms with E-state index < -0.39 is 0 Å². The van der Waals surface area contributed by atoms with Gasteiger partial charge in [-0.15, -0.1) is 0 Å². The molecule has 0 aromatic heterocycles. The van der Waals surface area contributed by atoms with Crippen LogP contribution in [0.2, 0.25) is 0 Å². The van der Waals surface area contributed by atoms with Crippen molar-refractivity contribution in [1.82, 2.24) is 5.32 Å². The van der Waals surface area contributed by atoms with Crippen molar-refractivity contribution in [2.75, 3.05) is 14.2 Å². The van der Waals surface area contributed by atoms with E-state index in [0.29, 0.717) is 11.6 Å². The fraction of sp³-hybridized carbons (Fsp3) is 0.364. The average Bonchev–Trinajstić information content (AvgIpc) is 2.27. The van der Waals surface area contributed by atoms with Crippen LogP contribution in [-0.2, 0) is 4.74 Å². The second kappa shape index (κ2) is 4.77. The fourth-order valence-corrected chi connectivity index (χ4v) is 1.19. The third-order valence-electron chi connectivity index (χ3n) is 2.26. The van der Waals surface area contributed by atoms with Crippen LogP contribution in [0, 0.1) is 0 Å². The summed E-state index contributed by atoms with van der Waals surface area (Å²) in [5, 5.41) is 3.13. The number of ether oxygens (including phenoxy) is 1. The highest BCUT2D eigenvalue weighted by Gasteiger charge is 2.06. The first-order valence-electron chi connectivity index (χ1n) is 4.54. The van der Waals surface area contributed by atoms with E-state index in [1.54, 1.807) is 12.1 Å². The predicted molar refractivity (Wildman–Crippen MR) is 55.3 cm³/mol. The second-order valence-corrected chi connectivity index (χ2v) is 3.12. The van der Waals surface area contributed by atoms with Gasteiger partial charge in [0.15, 0.2) is 0 Å². The summed E-state index contributed by atoms with van der Waals surface area (Å²) in [5.74, 6) is -0.298. The normalized spacial score (nSPS) is 12.2. The Morgan fingerprint density at radius 3 is 2.36 bits per heavy atom. The topological polar surface area (TPSA) is 38.3 Å². The van der Waals surface area contributed by atoms with E-state index in [1.165, 1.54) is 7.11 Å².